The summed E-state index contributed by atoms with van der Waals surface area (Å²) in [5.41, 5.74) is -0.687. The van der Waals surface area contributed by atoms with Crippen molar-refractivity contribution in [3.63, 3.8) is 0 Å². The Labute approximate surface area is 106 Å². The van der Waals surface area contributed by atoms with Gasteiger partial charge in [0.15, 0.2) is 6.33 Å². The van der Waals surface area contributed by atoms with Gasteiger partial charge in [-0.15, -0.1) is 0 Å². The number of aliphatic carboxylic acids is 1. The molecular formula is C12H19N3O3. The first-order chi connectivity index (χ1) is 8.50. The molecule has 1 aromatic heterocycles. The van der Waals surface area contributed by atoms with E-state index in [-0.39, 0.29) is 5.92 Å². The van der Waals surface area contributed by atoms with E-state index < -0.39 is 11.4 Å². The largest absolute Gasteiger partial charge is 0.481 e. The zero-order valence-corrected chi connectivity index (χ0v) is 10.8. The normalized spacial score (nSPS) is 22.0. The third-order valence-corrected chi connectivity index (χ3v) is 3.84. The zero-order valence-electron chi connectivity index (χ0n) is 10.8. The zero-order chi connectivity index (χ0) is 13.2. The van der Waals surface area contributed by atoms with Crippen molar-refractivity contribution in [3.8, 4) is 0 Å². The molecule has 6 nitrogen and oxygen atoms in total. The van der Waals surface area contributed by atoms with Crippen molar-refractivity contribution in [2.24, 2.45) is 11.3 Å². The molecule has 2 heterocycles. The topological polar surface area (TPSA) is 79.5 Å². The van der Waals surface area contributed by atoms with E-state index in [1.165, 1.54) is 6.33 Å². The molecule has 0 aliphatic carbocycles. The van der Waals surface area contributed by atoms with E-state index in [2.05, 4.69) is 15.0 Å². The summed E-state index contributed by atoms with van der Waals surface area (Å²) in [5.74, 6) is 0.0163. The van der Waals surface area contributed by atoms with Crippen LogP contribution in [-0.2, 0) is 11.3 Å². The Hall–Kier alpha value is -1.43. The van der Waals surface area contributed by atoms with Crippen LogP contribution in [0.4, 0.5) is 0 Å². The number of aromatic nitrogens is 2. The lowest BCUT2D eigenvalue weighted by Gasteiger charge is -2.38. The Kier molecular flexibility index (Phi) is 3.65. The van der Waals surface area contributed by atoms with Crippen molar-refractivity contribution in [1.82, 2.24) is 15.0 Å². The number of nitrogens with zero attached hydrogens (tertiary/aromatic N) is 3. The van der Waals surface area contributed by atoms with E-state index in [0.29, 0.717) is 12.4 Å². The van der Waals surface area contributed by atoms with Gasteiger partial charge in [0.2, 0.25) is 5.89 Å². The molecule has 2 rings (SSSR count). The molecule has 0 spiro atoms. The molecule has 6 heteroatoms. The second-order valence-electron chi connectivity index (χ2n) is 5.44. The first-order valence-electron chi connectivity index (χ1n) is 6.21. The minimum Gasteiger partial charge on any atom is -0.481 e. The van der Waals surface area contributed by atoms with Crippen LogP contribution in [0.25, 0.3) is 0 Å². The summed E-state index contributed by atoms with van der Waals surface area (Å²) in [6.07, 6.45) is 3.35. The fourth-order valence-electron chi connectivity index (χ4n) is 2.42. The van der Waals surface area contributed by atoms with Crippen LogP contribution in [0.2, 0.25) is 0 Å². The number of hydrogen-bond acceptors (Lipinski definition) is 5. The quantitative estimate of drug-likeness (QED) is 0.873. The van der Waals surface area contributed by atoms with Crippen LogP contribution in [0.3, 0.4) is 0 Å². The summed E-state index contributed by atoms with van der Waals surface area (Å²) >= 11 is 0. The maximum Gasteiger partial charge on any atom is 0.309 e. The van der Waals surface area contributed by atoms with Crippen LogP contribution in [0.15, 0.2) is 10.9 Å². The van der Waals surface area contributed by atoms with Crippen LogP contribution in [0.1, 0.15) is 32.6 Å². The Bertz CT molecular complexity index is 403. The average Bonchev–Trinajstić information content (AvgIpc) is 2.82. The van der Waals surface area contributed by atoms with Gasteiger partial charge in [0.1, 0.15) is 0 Å². The molecule has 0 bridgehead atoms. The fourth-order valence-corrected chi connectivity index (χ4v) is 2.42. The highest BCUT2D eigenvalue weighted by Gasteiger charge is 2.39. The SMILES string of the molecule is CC(C)(C(=O)O)C1CCCN(Cc2ncno2)C1. The Balaban J connectivity index is 1.98. The summed E-state index contributed by atoms with van der Waals surface area (Å²) in [5, 5.41) is 12.9. The number of carboxylic acids is 1. The van der Waals surface area contributed by atoms with Gasteiger partial charge in [-0.05, 0) is 39.2 Å². The van der Waals surface area contributed by atoms with E-state index in [1.54, 1.807) is 13.8 Å². The van der Waals surface area contributed by atoms with Gasteiger partial charge >= 0.3 is 5.97 Å². The van der Waals surface area contributed by atoms with Gasteiger partial charge in [0.25, 0.3) is 0 Å². The van der Waals surface area contributed by atoms with Gasteiger partial charge in [0, 0.05) is 6.54 Å². The van der Waals surface area contributed by atoms with Crippen molar-refractivity contribution in [2.45, 2.75) is 33.2 Å². The highest BCUT2D eigenvalue weighted by Crippen LogP contribution is 2.34. The molecule has 1 N–H and O–H groups in total. The van der Waals surface area contributed by atoms with Gasteiger partial charge in [-0.1, -0.05) is 5.16 Å². The second-order valence-corrected chi connectivity index (χ2v) is 5.44. The predicted molar refractivity (Wildman–Crippen MR) is 63.7 cm³/mol. The number of hydrogen-bond donors (Lipinski definition) is 1. The molecule has 0 radical (unpaired) electrons. The van der Waals surface area contributed by atoms with Gasteiger partial charge in [-0.2, -0.15) is 4.98 Å². The molecule has 0 saturated carbocycles. The van der Waals surface area contributed by atoms with Gasteiger partial charge < -0.3 is 9.63 Å². The second kappa shape index (κ2) is 5.06. The van der Waals surface area contributed by atoms with Crippen LogP contribution in [0.5, 0.6) is 0 Å². The van der Waals surface area contributed by atoms with Crippen LogP contribution < -0.4 is 0 Å². The molecule has 100 valence electrons. The molecule has 1 aromatic rings. The minimum atomic E-state index is -0.729. The molecule has 18 heavy (non-hydrogen) atoms. The van der Waals surface area contributed by atoms with Crippen molar-refractivity contribution >= 4 is 5.97 Å². The predicted octanol–water partition coefficient (Wildman–Crippen LogP) is 1.39. The third-order valence-electron chi connectivity index (χ3n) is 3.84. The maximum absolute atomic E-state index is 11.3. The summed E-state index contributed by atoms with van der Waals surface area (Å²) in [7, 11) is 0. The lowest BCUT2D eigenvalue weighted by Crippen LogP contribution is -2.44. The van der Waals surface area contributed by atoms with Crippen molar-refractivity contribution in [2.75, 3.05) is 13.1 Å². The monoisotopic (exact) mass is 253 g/mol. The Morgan fingerprint density at radius 2 is 2.44 bits per heavy atom. The molecule has 1 aliphatic heterocycles. The minimum absolute atomic E-state index is 0.159. The van der Waals surface area contributed by atoms with Gasteiger partial charge in [0.05, 0.1) is 12.0 Å². The number of likely N-dealkylation sites (tertiary alicyclic amines) is 1. The van der Waals surface area contributed by atoms with E-state index in [4.69, 9.17) is 4.52 Å². The highest BCUT2D eigenvalue weighted by atomic mass is 16.5. The highest BCUT2D eigenvalue weighted by molar-refractivity contribution is 5.74. The molecule has 1 atom stereocenters. The van der Waals surface area contributed by atoms with Crippen molar-refractivity contribution in [1.29, 1.82) is 0 Å². The number of carbonyl (C=O) groups is 1. The Morgan fingerprint density at radius 1 is 1.67 bits per heavy atom. The third kappa shape index (κ3) is 2.69. The van der Waals surface area contributed by atoms with E-state index in [1.807, 2.05) is 0 Å². The number of piperidine rings is 1. The van der Waals surface area contributed by atoms with Gasteiger partial charge in [-0.25, -0.2) is 0 Å². The number of rotatable bonds is 4. The molecule has 1 fully saturated rings. The average molecular weight is 253 g/mol. The molecular weight excluding hydrogens is 234 g/mol. The van der Waals surface area contributed by atoms with E-state index in [0.717, 1.165) is 25.9 Å². The molecule has 1 saturated heterocycles. The molecule has 0 aromatic carbocycles. The first kappa shape index (κ1) is 13.0. The van der Waals surface area contributed by atoms with E-state index >= 15 is 0 Å². The number of carboxylic acid groups (broad SMARTS) is 1. The van der Waals surface area contributed by atoms with Crippen LogP contribution in [-0.4, -0.2) is 39.2 Å². The lowest BCUT2D eigenvalue weighted by atomic mass is 9.74. The maximum atomic E-state index is 11.3. The molecule has 1 unspecified atom stereocenters. The molecule has 0 amide bonds. The summed E-state index contributed by atoms with van der Waals surface area (Å²) < 4.78 is 4.99. The summed E-state index contributed by atoms with van der Waals surface area (Å²) in [4.78, 5) is 17.5. The fraction of sp³-hybridized carbons (Fsp3) is 0.750. The summed E-state index contributed by atoms with van der Waals surface area (Å²) in [6.45, 7) is 5.93. The smallest absolute Gasteiger partial charge is 0.309 e. The molecule has 1 aliphatic rings. The first-order valence-corrected chi connectivity index (χ1v) is 6.21. The van der Waals surface area contributed by atoms with Crippen LogP contribution in [0, 0.1) is 11.3 Å². The lowest BCUT2D eigenvalue weighted by molar-refractivity contribution is -0.151. The van der Waals surface area contributed by atoms with E-state index in [9.17, 15) is 9.90 Å². The van der Waals surface area contributed by atoms with Gasteiger partial charge in [-0.3, -0.25) is 9.69 Å². The standard InChI is InChI=1S/C12H19N3O3/c1-12(2,11(16)17)9-4-3-5-15(6-9)7-10-13-8-14-18-10/h8-9H,3-7H2,1-2H3,(H,16,17). The Morgan fingerprint density at radius 3 is 3.06 bits per heavy atom. The van der Waals surface area contributed by atoms with Crippen LogP contribution >= 0.6 is 0 Å². The summed E-state index contributed by atoms with van der Waals surface area (Å²) in [6, 6.07) is 0. The van der Waals surface area contributed by atoms with Crippen molar-refractivity contribution in [3.05, 3.63) is 12.2 Å². The van der Waals surface area contributed by atoms with Crippen molar-refractivity contribution < 1.29 is 14.4 Å².